The molecule has 1 nitrogen and oxygen atoms in total. The minimum atomic E-state index is -0.0376. The van der Waals surface area contributed by atoms with Crippen LogP contribution < -0.4 is 4.90 Å². The first-order valence-electron chi connectivity index (χ1n) is 15.1. The fourth-order valence-corrected chi connectivity index (χ4v) is 7.14. The highest BCUT2D eigenvalue weighted by Crippen LogP contribution is 2.53. The maximum absolute atomic E-state index is 4.55. The standard InChI is InChI=1S/C42H33N/c1-28-21-35-26-38-37-19-10-11-20-39(37)42(2,3)40(38)27-41(35)43(28)36-18-12-17-31(25-36)34-23-32(29-13-6-4-7-14-29)22-33(24-34)30-15-8-5-9-16-30/h4-20,22-27H,1,21H2,2-3H3. The molecule has 2 aliphatic rings. The molecule has 0 saturated carbocycles. The van der Waals surface area contributed by atoms with E-state index >= 15 is 0 Å². The van der Waals surface area contributed by atoms with Gasteiger partial charge in [-0.3, -0.25) is 0 Å². The van der Waals surface area contributed by atoms with Crippen molar-refractivity contribution in [3.63, 3.8) is 0 Å². The molecule has 1 aliphatic carbocycles. The van der Waals surface area contributed by atoms with Crippen molar-refractivity contribution < 1.29 is 0 Å². The Morgan fingerprint density at radius 3 is 1.77 bits per heavy atom. The van der Waals surface area contributed by atoms with E-state index in [2.05, 4.69) is 165 Å². The summed E-state index contributed by atoms with van der Waals surface area (Å²) >= 11 is 0. The van der Waals surface area contributed by atoms with Gasteiger partial charge < -0.3 is 4.90 Å². The quantitative estimate of drug-likeness (QED) is 0.211. The van der Waals surface area contributed by atoms with Gasteiger partial charge in [-0.2, -0.15) is 0 Å². The third-order valence-corrected chi connectivity index (χ3v) is 9.32. The Kier molecular flexibility index (Phi) is 5.77. The third kappa shape index (κ3) is 4.15. The van der Waals surface area contributed by atoms with Crippen LogP contribution >= 0.6 is 0 Å². The monoisotopic (exact) mass is 551 g/mol. The Hall–Kier alpha value is -5.14. The van der Waals surface area contributed by atoms with Crippen LogP contribution in [0.2, 0.25) is 0 Å². The third-order valence-electron chi connectivity index (χ3n) is 9.32. The summed E-state index contributed by atoms with van der Waals surface area (Å²) in [5.74, 6) is 0. The van der Waals surface area contributed by atoms with Gasteiger partial charge in [0.25, 0.3) is 0 Å². The molecule has 6 aromatic carbocycles. The molecule has 0 N–H and O–H groups in total. The minimum Gasteiger partial charge on any atom is -0.314 e. The largest absolute Gasteiger partial charge is 0.314 e. The van der Waals surface area contributed by atoms with Gasteiger partial charge in [-0.15, -0.1) is 0 Å². The number of hydrogen-bond acceptors (Lipinski definition) is 1. The summed E-state index contributed by atoms with van der Waals surface area (Å²) in [6.45, 7) is 9.25. The molecule has 6 aromatic rings. The Morgan fingerprint density at radius 1 is 0.512 bits per heavy atom. The van der Waals surface area contributed by atoms with E-state index < -0.39 is 0 Å². The minimum absolute atomic E-state index is 0.0376. The van der Waals surface area contributed by atoms with Gasteiger partial charge in [0.05, 0.1) is 0 Å². The van der Waals surface area contributed by atoms with Gasteiger partial charge in [-0.25, -0.2) is 0 Å². The SMILES string of the molecule is C=C1Cc2cc3c(cc2N1c1cccc(-c2cc(-c4ccccc4)cc(-c4ccccc4)c2)c1)C(C)(C)c1ccccc1-3. The molecular formula is C42H33N. The summed E-state index contributed by atoms with van der Waals surface area (Å²) < 4.78 is 0. The molecule has 8 rings (SSSR count). The molecular weight excluding hydrogens is 518 g/mol. The number of fused-ring (bicyclic) bond motifs is 4. The Bertz CT molecular complexity index is 1970. The molecule has 0 atom stereocenters. The highest BCUT2D eigenvalue weighted by Gasteiger charge is 2.38. The number of anilines is 2. The first-order valence-corrected chi connectivity index (χ1v) is 15.1. The molecule has 0 fully saturated rings. The fraction of sp³-hybridized carbons (Fsp3) is 0.0952. The fourth-order valence-electron chi connectivity index (χ4n) is 7.14. The molecule has 0 aromatic heterocycles. The van der Waals surface area contributed by atoms with E-state index in [1.54, 1.807) is 0 Å². The van der Waals surface area contributed by atoms with Gasteiger partial charge in [-0.05, 0) is 104 Å². The van der Waals surface area contributed by atoms with Gasteiger partial charge in [0.2, 0.25) is 0 Å². The number of benzene rings is 6. The molecule has 0 unspecified atom stereocenters. The van der Waals surface area contributed by atoms with Crippen molar-refractivity contribution in [2.24, 2.45) is 0 Å². The van der Waals surface area contributed by atoms with Crippen LogP contribution in [0.1, 0.15) is 30.5 Å². The van der Waals surface area contributed by atoms with Gasteiger partial charge in [0.15, 0.2) is 0 Å². The zero-order valence-corrected chi connectivity index (χ0v) is 24.6. The number of hydrogen-bond donors (Lipinski definition) is 0. The van der Waals surface area contributed by atoms with E-state index in [-0.39, 0.29) is 5.41 Å². The highest BCUT2D eigenvalue weighted by atomic mass is 15.2. The van der Waals surface area contributed by atoms with Crippen molar-refractivity contribution >= 4 is 11.4 Å². The lowest BCUT2D eigenvalue weighted by Gasteiger charge is -2.25. The van der Waals surface area contributed by atoms with E-state index in [9.17, 15) is 0 Å². The molecule has 0 bridgehead atoms. The van der Waals surface area contributed by atoms with Crippen LogP contribution in [0.15, 0.2) is 152 Å². The van der Waals surface area contributed by atoms with Crippen molar-refractivity contribution in [2.75, 3.05) is 4.90 Å². The summed E-state index contributed by atoms with van der Waals surface area (Å²) in [6.07, 6.45) is 0.858. The lowest BCUT2D eigenvalue weighted by atomic mass is 9.82. The summed E-state index contributed by atoms with van der Waals surface area (Å²) in [5.41, 5.74) is 17.7. The molecule has 0 spiro atoms. The van der Waals surface area contributed by atoms with E-state index in [1.807, 2.05) is 0 Å². The first-order chi connectivity index (χ1) is 21.0. The summed E-state index contributed by atoms with van der Waals surface area (Å²) in [6, 6.07) is 51.0. The van der Waals surface area contributed by atoms with Crippen LogP contribution in [-0.4, -0.2) is 0 Å². The average Bonchev–Trinajstić information content (AvgIpc) is 3.50. The Balaban J connectivity index is 1.24. The number of rotatable bonds is 4. The van der Waals surface area contributed by atoms with Crippen LogP contribution in [0, 0.1) is 0 Å². The van der Waals surface area contributed by atoms with E-state index in [0.29, 0.717) is 0 Å². The van der Waals surface area contributed by atoms with Gasteiger partial charge in [0.1, 0.15) is 0 Å². The zero-order chi connectivity index (χ0) is 29.1. The van der Waals surface area contributed by atoms with Gasteiger partial charge in [-0.1, -0.05) is 117 Å². The van der Waals surface area contributed by atoms with Crippen LogP contribution in [0.4, 0.5) is 11.4 Å². The number of nitrogens with zero attached hydrogens (tertiary/aromatic N) is 1. The smallest absolute Gasteiger partial charge is 0.0497 e. The van der Waals surface area contributed by atoms with Crippen LogP contribution in [0.5, 0.6) is 0 Å². The molecule has 0 radical (unpaired) electrons. The van der Waals surface area contributed by atoms with E-state index in [0.717, 1.165) is 17.8 Å². The molecule has 0 amide bonds. The second-order valence-corrected chi connectivity index (χ2v) is 12.4. The van der Waals surface area contributed by atoms with Crippen molar-refractivity contribution in [1.82, 2.24) is 0 Å². The van der Waals surface area contributed by atoms with E-state index in [1.165, 1.54) is 66.9 Å². The average molecular weight is 552 g/mol. The predicted molar refractivity (Wildman–Crippen MR) is 182 cm³/mol. The Morgan fingerprint density at radius 2 is 1.09 bits per heavy atom. The van der Waals surface area contributed by atoms with Crippen LogP contribution in [0.25, 0.3) is 44.5 Å². The molecule has 0 saturated heterocycles. The second-order valence-electron chi connectivity index (χ2n) is 12.4. The molecule has 43 heavy (non-hydrogen) atoms. The maximum Gasteiger partial charge on any atom is 0.0497 e. The summed E-state index contributed by atoms with van der Waals surface area (Å²) in [5, 5.41) is 0. The molecule has 1 heteroatoms. The van der Waals surface area contributed by atoms with Crippen molar-refractivity contribution in [3.05, 3.63) is 168 Å². The topological polar surface area (TPSA) is 3.24 Å². The molecule has 1 aliphatic heterocycles. The predicted octanol–water partition coefficient (Wildman–Crippen LogP) is 11.2. The summed E-state index contributed by atoms with van der Waals surface area (Å²) in [4.78, 5) is 2.37. The van der Waals surface area contributed by atoms with Crippen molar-refractivity contribution in [3.8, 4) is 44.5 Å². The van der Waals surface area contributed by atoms with E-state index in [4.69, 9.17) is 0 Å². The van der Waals surface area contributed by atoms with Crippen molar-refractivity contribution in [1.29, 1.82) is 0 Å². The normalized spacial score (nSPS) is 14.4. The van der Waals surface area contributed by atoms with Crippen molar-refractivity contribution in [2.45, 2.75) is 25.7 Å². The highest BCUT2D eigenvalue weighted by molar-refractivity contribution is 5.88. The first kappa shape index (κ1) is 25.6. The molecule has 206 valence electrons. The van der Waals surface area contributed by atoms with Gasteiger partial charge in [0, 0.05) is 28.9 Å². The lowest BCUT2D eigenvalue weighted by Crippen LogP contribution is -2.16. The van der Waals surface area contributed by atoms with Gasteiger partial charge >= 0.3 is 0 Å². The lowest BCUT2D eigenvalue weighted by molar-refractivity contribution is 0.660. The number of allylic oxidation sites excluding steroid dienone is 1. The zero-order valence-electron chi connectivity index (χ0n) is 24.6. The maximum atomic E-state index is 4.55. The van der Waals surface area contributed by atoms with Crippen LogP contribution in [0.3, 0.4) is 0 Å². The Labute approximate surface area is 254 Å². The van der Waals surface area contributed by atoms with Crippen LogP contribution in [-0.2, 0) is 11.8 Å². The summed E-state index contributed by atoms with van der Waals surface area (Å²) in [7, 11) is 0. The molecule has 1 heterocycles. The second kappa shape index (κ2) is 9.71.